The van der Waals surface area contributed by atoms with E-state index in [4.69, 9.17) is 0 Å². The highest BCUT2D eigenvalue weighted by atomic mass is 16.1. The van der Waals surface area contributed by atoms with Crippen LogP contribution in [0, 0.1) is 5.92 Å². The summed E-state index contributed by atoms with van der Waals surface area (Å²) >= 11 is 0. The van der Waals surface area contributed by atoms with Crippen molar-refractivity contribution in [2.24, 2.45) is 5.92 Å². The third kappa shape index (κ3) is 3.74. The van der Waals surface area contributed by atoms with Crippen LogP contribution in [0.15, 0.2) is 18.3 Å². The van der Waals surface area contributed by atoms with Gasteiger partial charge < -0.3 is 5.32 Å². The maximum absolute atomic E-state index is 11.8. The van der Waals surface area contributed by atoms with Gasteiger partial charge in [0.15, 0.2) is 5.78 Å². The van der Waals surface area contributed by atoms with E-state index in [1.165, 1.54) is 0 Å². The van der Waals surface area contributed by atoms with Crippen molar-refractivity contribution in [2.75, 3.05) is 0 Å². The number of nitrogens with zero attached hydrogens (tertiary/aromatic N) is 1. The number of Topliss-reactive ketones (excluding diaryl/α,β-unsaturated/α-hetero) is 1. The van der Waals surface area contributed by atoms with E-state index >= 15 is 0 Å². The molecular weight excluding hydrogens is 200 g/mol. The van der Waals surface area contributed by atoms with Gasteiger partial charge in [-0.05, 0) is 12.1 Å². The number of aromatic nitrogens is 1. The van der Waals surface area contributed by atoms with Gasteiger partial charge in [0.25, 0.3) is 0 Å². The van der Waals surface area contributed by atoms with Crippen molar-refractivity contribution < 1.29 is 6.22 Å². The molecule has 0 radical (unpaired) electrons. The van der Waals surface area contributed by atoms with Crippen LogP contribution in [0.25, 0.3) is 0 Å². The fraction of sp³-hybridized carbons (Fsp3) is 0.538. The Morgan fingerprint density at radius 3 is 2.69 bits per heavy atom. The minimum absolute atomic E-state index is 0. The average Bonchev–Trinajstić information content (AvgIpc) is 2.25. The second kappa shape index (κ2) is 5.75. The monoisotopic (exact) mass is 222 g/mol. The average molecular weight is 222 g/mol. The Bertz CT molecular complexity index is 364. The molecular formula is C13H22N2O. The zero-order chi connectivity index (χ0) is 12.1. The molecule has 1 heterocycles. The van der Waals surface area contributed by atoms with Crippen LogP contribution >= 0.6 is 0 Å². The van der Waals surface area contributed by atoms with Crippen molar-refractivity contribution in [1.29, 1.82) is 0 Å². The van der Waals surface area contributed by atoms with Crippen LogP contribution < -0.4 is 5.32 Å². The first-order valence-corrected chi connectivity index (χ1v) is 5.73. The van der Waals surface area contributed by atoms with Crippen molar-refractivity contribution in [3.63, 3.8) is 0 Å². The normalized spacial score (nSPS) is 11.1. The van der Waals surface area contributed by atoms with Gasteiger partial charge >= 0.3 is 0 Å². The number of rotatable bonds is 5. The van der Waals surface area contributed by atoms with Crippen LogP contribution in [-0.4, -0.2) is 16.8 Å². The molecule has 0 amide bonds. The summed E-state index contributed by atoms with van der Waals surface area (Å²) in [6.45, 7) is 8.70. The van der Waals surface area contributed by atoms with Crippen LogP contribution in [0.5, 0.6) is 0 Å². The summed E-state index contributed by atoms with van der Waals surface area (Å²) < 4.78 is 0. The summed E-state index contributed by atoms with van der Waals surface area (Å²) in [5, 5.41) is 3.28. The molecule has 0 saturated heterocycles. The Hall–Kier alpha value is -1.22. The lowest BCUT2D eigenvalue weighted by atomic mass is 10.0. The van der Waals surface area contributed by atoms with E-state index < -0.39 is 0 Å². The smallest absolute Gasteiger partial charge is 0.165 e. The van der Waals surface area contributed by atoms with E-state index in [2.05, 4.69) is 24.1 Å². The minimum atomic E-state index is 0. The van der Waals surface area contributed by atoms with E-state index in [1.807, 2.05) is 19.9 Å². The van der Waals surface area contributed by atoms with Gasteiger partial charge in [-0.3, -0.25) is 9.78 Å². The van der Waals surface area contributed by atoms with E-state index in [9.17, 15) is 4.79 Å². The fourth-order valence-corrected chi connectivity index (χ4v) is 1.37. The van der Waals surface area contributed by atoms with Crippen molar-refractivity contribution in [1.82, 2.24) is 10.3 Å². The molecule has 90 valence electrons. The molecule has 0 spiro atoms. The summed E-state index contributed by atoms with van der Waals surface area (Å²) in [6, 6.07) is 4.07. The predicted octanol–water partition coefficient (Wildman–Crippen LogP) is 2.66. The molecule has 0 unspecified atom stereocenters. The number of hydrogen-bond donors (Lipinski definition) is 1. The number of carbonyl (C=O) groups excluding carboxylic acids is 1. The lowest BCUT2D eigenvalue weighted by molar-refractivity contribution is 0.0939. The van der Waals surface area contributed by atoms with Crippen LogP contribution in [-0.2, 0) is 6.54 Å². The summed E-state index contributed by atoms with van der Waals surface area (Å²) in [6.07, 6.45) is 1.70. The van der Waals surface area contributed by atoms with Gasteiger partial charge in [-0.15, -0.1) is 0 Å². The first-order valence-electron chi connectivity index (χ1n) is 5.73. The summed E-state index contributed by atoms with van der Waals surface area (Å²) in [4.78, 5) is 16.0. The van der Waals surface area contributed by atoms with E-state index in [0.29, 0.717) is 12.6 Å². The molecule has 0 fully saturated rings. The molecule has 0 aliphatic rings. The minimum Gasteiger partial charge on any atom is -0.309 e. The zero-order valence-electron chi connectivity index (χ0n) is 10.4. The van der Waals surface area contributed by atoms with Crippen molar-refractivity contribution in [2.45, 2.75) is 40.3 Å². The maximum atomic E-state index is 11.8. The van der Waals surface area contributed by atoms with Crippen molar-refractivity contribution >= 4 is 5.78 Å². The highest BCUT2D eigenvalue weighted by Gasteiger charge is 2.10. The number of hydrogen-bond acceptors (Lipinski definition) is 3. The SMILES string of the molecule is CC(C)NCc1cc(C(=O)C(C)C)ccn1.[HH]. The molecule has 0 aliphatic carbocycles. The van der Waals surface area contributed by atoms with Crippen LogP contribution in [0.3, 0.4) is 0 Å². The number of nitrogens with one attached hydrogen (secondary N) is 1. The van der Waals surface area contributed by atoms with Crippen molar-refractivity contribution in [3.8, 4) is 0 Å². The second-order valence-electron chi connectivity index (χ2n) is 4.59. The summed E-state index contributed by atoms with van der Waals surface area (Å²) in [7, 11) is 0. The zero-order valence-corrected chi connectivity index (χ0v) is 10.4. The van der Waals surface area contributed by atoms with E-state index in [1.54, 1.807) is 12.3 Å². The Morgan fingerprint density at radius 1 is 1.44 bits per heavy atom. The molecule has 0 aliphatic heterocycles. The van der Waals surface area contributed by atoms with E-state index in [0.717, 1.165) is 11.3 Å². The molecule has 0 aromatic carbocycles. The third-order valence-electron chi connectivity index (χ3n) is 2.32. The number of ketones is 1. The number of carbonyl (C=O) groups is 1. The standard InChI is InChI=1S/C13H20N2O.H2/c1-9(2)13(16)11-5-6-14-12(7-11)8-15-10(3)4;/h5-7,9-10,15H,8H2,1-4H3;1H. The quantitative estimate of drug-likeness (QED) is 0.779. The lowest BCUT2D eigenvalue weighted by Gasteiger charge is -2.09. The Kier molecular flexibility index (Phi) is 4.62. The highest BCUT2D eigenvalue weighted by Crippen LogP contribution is 2.09. The van der Waals surface area contributed by atoms with Gasteiger partial charge in [-0.25, -0.2) is 0 Å². The molecule has 1 aromatic rings. The Labute approximate surface area is 98.8 Å². The lowest BCUT2D eigenvalue weighted by Crippen LogP contribution is -2.22. The van der Waals surface area contributed by atoms with Crippen LogP contribution in [0.1, 0.15) is 45.2 Å². The van der Waals surface area contributed by atoms with Crippen LogP contribution in [0.4, 0.5) is 0 Å². The molecule has 0 atom stereocenters. The summed E-state index contributed by atoms with van der Waals surface area (Å²) in [5.41, 5.74) is 1.67. The van der Waals surface area contributed by atoms with Gasteiger partial charge in [-0.2, -0.15) is 0 Å². The molecule has 3 nitrogen and oxygen atoms in total. The third-order valence-corrected chi connectivity index (χ3v) is 2.32. The molecule has 0 saturated carbocycles. The Morgan fingerprint density at radius 2 is 2.12 bits per heavy atom. The fourth-order valence-electron chi connectivity index (χ4n) is 1.37. The molecule has 16 heavy (non-hydrogen) atoms. The summed E-state index contributed by atoms with van der Waals surface area (Å²) in [5.74, 6) is 0.210. The van der Waals surface area contributed by atoms with Gasteiger partial charge in [0, 0.05) is 31.7 Å². The highest BCUT2D eigenvalue weighted by molar-refractivity contribution is 5.97. The molecule has 1 aromatic heterocycles. The van der Waals surface area contributed by atoms with Gasteiger partial charge in [-0.1, -0.05) is 27.7 Å². The molecule has 1 rings (SSSR count). The van der Waals surface area contributed by atoms with Gasteiger partial charge in [0.2, 0.25) is 0 Å². The van der Waals surface area contributed by atoms with Crippen LogP contribution in [0.2, 0.25) is 0 Å². The van der Waals surface area contributed by atoms with Gasteiger partial charge in [0.05, 0.1) is 5.69 Å². The predicted molar refractivity (Wildman–Crippen MR) is 67.5 cm³/mol. The maximum Gasteiger partial charge on any atom is 0.165 e. The first kappa shape index (κ1) is 12.8. The van der Waals surface area contributed by atoms with E-state index in [-0.39, 0.29) is 13.1 Å². The molecule has 3 heteroatoms. The van der Waals surface area contributed by atoms with Gasteiger partial charge in [0.1, 0.15) is 0 Å². The molecule has 1 N–H and O–H groups in total. The molecule has 0 bridgehead atoms. The Balaban J connectivity index is 0.00000256. The number of pyridine rings is 1. The first-order chi connectivity index (χ1) is 7.50. The topological polar surface area (TPSA) is 42.0 Å². The van der Waals surface area contributed by atoms with Crippen molar-refractivity contribution in [3.05, 3.63) is 29.6 Å². The largest absolute Gasteiger partial charge is 0.309 e. The second-order valence-corrected chi connectivity index (χ2v) is 4.59.